The lowest BCUT2D eigenvalue weighted by Crippen LogP contribution is -2.08. The first-order chi connectivity index (χ1) is 8.80. The van der Waals surface area contributed by atoms with E-state index in [1.54, 1.807) is 11.8 Å². The minimum absolute atomic E-state index is 0.418. The normalized spacial score (nSPS) is 10.4. The summed E-state index contributed by atoms with van der Waals surface area (Å²) in [6.07, 6.45) is 3.29. The highest BCUT2D eigenvalue weighted by molar-refractivity contribution is 7.99. The molecule has 0 saturated carbocycles. The SMILES string of the molecule is CCCCSc1nc(NCC)nc(OCCC)n1. The number of unbranched alkanes of at least 4 members (excludes halogenated alkanes) is 1. The van der Waals surface area contributed by atoms with Gasteiger partial charge in [-0.25, -0.2) is 0 Å². The molecular formula is C12H22N4OS. The Morgan fingerprint density at radius 3 is 2.61 bits per heavy atom. The number of hydrogen-bond acceptors (Lipinski definition) is 6. The summed E-state index contributed by atoms with van der Waals surface area (Å²) in [7, 11) is 0. The number of thioether (sulfide) groups is 1. The third kappa shape index (κ3) is 5.53. The Labute approximate surface area is 113 Å². The van der Waals surface area contributed by atoms with Gasteiger partial charge in [0.1, 0.15) is 0 Å². The fourth-order valence-corrected chi connectivity index (χ4v) is 2.11. The standard InChI is InChI=1S/C12H22N4OS/c1-4-7-9-18-12-15-10(13-6-3)14-11(16-12)17-8-5-2/h4-9H2,1-3H3,(H,13,14,15,16). The fourth-order valence-electron chi connectivity index (χ4n) is 1.21. The Morgan fingerprint density at radius 1 is 1.11 bits per heavy atom. The van der Waals surface area contributed by atoms with Crippen molar-refractivity contribution in [2.45, 2.75) is 45.2 Å². The van der Waals surface area contributed by atoms with Gasteiger partial charge >= 0.3 is 6.01 Å². The molecule has 6 heteroatoms. The molecule has 0 fully saturated rings. The van der Waals surface area contributed by atoms with Gasteiger partial charge in [0.25, 0.3) is 0 Å². The van der Waals surface area contributed by atoms with E-state index in [4.69, 9.17) is 4.74 Å². The molecule has 0 radical (unpaired) electrons. The van der Waals surface area contributed by atoms with Crippen LogP contribution < -0.4 is 10.1 Å². The van der Waals surface area contributed by atoms with Crippen LogP contribution in [0.5, 0.6) is 6.01 Å². The van der Waals surface area contributed by atoms with Crippen molar-refractivity contribution in [3.63, 3.8) is 0 Å². The molecule has 0 unspecified atom stereocenters. The maximum Gasteiger partial charge on any atom is 0.322 e. The third-order valence-corrected chi connectivity index (χ3v) is 3.03. The molecule has 0 aliphatic carbocycles. The lowest BCUT2D eigenvalue weighted by Gasteiger charge is -2.07. The monoisotopic (exact) mass is 270 g/mol. The molecule has 0 aromatic carbocycles. The molecule has 0 aliphatic heterocycles. The predicted octanol–water partition coefficient (Wildman–Crippen LogP) is 2.98. The van der Waals surface area contributed by atoms with Gasteiger partial charge in [0.2, 0.25) is 5.95 Å². The molecule has 1 aromatic rings. The van der Waals surface area contributed by atoms with Crippen LogP contribution >= 0.6 is 11.8 Å². The van der Waals surface area contributed by atoms with Gasteiger partial charge in [-0.1, -0.05) is 32.0 Å². The highest BCUT2D eigenvalue weighted by Gasteiger charge is 2.07. The average Bonchev–Trinajstić information content (AvgIpc) is 2.37. The van der Waals surface area contributed by atoms with Crippen molar-refractivity contribution < 1.29 is 4.74 Å². The van der Waals surface area contributed by atoms with Crippen LogP contribution in [0.15, 0.2) is 5.16 Å². The Hall–Kier alpha value is -1.04. The Bertz CT molecular complexity index is 349. The number of ether oxygens (including phenoxy) is 1. The van der Waals surface area contributed by atoms with E-state index in [2.05, 4.69) is 34.1 Å². The van der Waals surface area contributed by atoms with Gasteiger partial charge in [0.15, 0.2) is 5.16 Å². The molecule has 0 saturated heterocycles. The molecule has 0 spiro atoms. The van der Waals surface area contributed by atoms with Gasteiger partial charge in [-0.15, -0.1) is 0 Å². The zero-order valence-corrected chi connectivity index (χ0v) is 12.2. The van der Waals surface area contributed by atoms with Crippen LogP contribution in [-0.2, 0) is 0 Å². The van der Waals surface area contributed by atoms with E-state index in [0.717, 1.165) is 30.3 Å². The summed E-state index contributed by atoms with van der Waals surface area (Å²) in [5.41, 5.74) is 0. The largest absolute Gasteiger partial charge is 0.463 e. The lowest BCUT2D eigenvalue weighted by molar-refractivity contribution is 0.288. The number of anilines is 1. The predicted molar refractivity (Wildman–Crippen MR) is 75.4 cm³/mol. The van der Waals surface area contributed by atoms with Crippen LogP contribution in [0.25, 0.3) is 0 Å². The van der Waals surface area contributed by atoms with Crippen molar-refractivity contribution >= 4 is 17.7 Å². The molecule has 0 amide bonds. The van der Waals surface area contributed by atoms with Crippen LogP contribution in [0.4, 0.5) is 5.95 Å². The molecule has 1 N–H and O–H groups in total. The third-order valence-electron chi connectivity index (χ3n) is 2.09. The summed E-state index contributed by atoms with van der Waals surface area (Å²) in [6.45, 7) is 7.67. The Balaban J connectivity index is 2.70. The van der Waals surface area contributed by atoms with E-state index in [1.165, 1.54) is 6.42 Å². The first kappa shape index (κ1) is 15.0. The van der Waals surface area contributed by atoms with Crippen molar-refractivity contribution in [3.05, 3.63) is 0 Å². The highest BCUT2D eigenvalue weighted by atomic mass is 32.2. The van der Waals surface area contributed by atoms with Gasteiger partial charge in [0.05, 0.1) is 6.61 Å². The van der Waals surface area contributed by atoms with Gasteiger partial charge in [-0.05, 0) is 19.8 Å². The maximum atomic E-state index is 5.47. The minimum Gasteiger partial charge on any atom is -0.463 e. The van der Waals surface area contributed by atoms with E-state index in [0.29, 0.717) is 18.6 Å². The minimum atomic E-state index is 0.418. The quantitative estimate of drug-likeness (QED) is 0.550. The molecule has 1 rings (SSSR count). The van der Waals surface area contributed by atoms with E-state index in [9.17, 15) is 0 Å². The van der Waals surface area contributed by atoms with E-state index >= 15 is 0 Å². The molecule has 0 atom stereocenters. The van der Waals surface area contributed by atoms with Gasteiger partial charge < -0.3 is 10.1 Å². The zero-order chi connectivity index (χ0) is 13.2. The van der Waals surface area contributed by atoms with Crippen molar-refractivity contribution in [2.75, 3.05) is 24.2 Å². The summed E-state index contributed by atoms with van der Waals surface area (Å²) in [5, 5.41) is 3.84. The van der Waals surface area contributed by atoms with Gasteiger partial charge in [-0.3, -0.25) is 0 Å². The molecule has 18 heavy (non-hydrogen) atoms. The second kappa shape index (κ2) is 8.97. The van der Waals surface area contributed by atoms with Crippen molar-refractivity contribution in [1.82, 2.24) is 15.0 Å². The molecule has 102 valence electrons. The summed E-state index contributed by atoms with van der Waals surface area (Å²) >= 11 is 1.65. The number of rotatable bonds is 9. The van der Waals surface area contributed by atoms with Crippen molar-refractivity contribution in [1.29, 1.82) is 0 Å². The van der Waals surface area contributed by atoms with Crippen LogP contribution in [0.1, 0.15) is 40.0 Å². The molecule has 0 bridgehead atoms. The second-order valence-corrected chi connectivity index (χ2v) is 4.87. The van der Waals surface area contributed by atoms with E-state index < -0.39 is 0 Å². The zero-order valence-electron chi connectivity index (χ0n) is 11.4. The van der Waals surface area contributed by atoms with Gasteiger partial charge in [0, 0.05) is 12.3 Å². The molecule has 0 aliphatic rings. The van der Waals surface area contributed by atoms with Crippen LogP contribution in [0.3, 0.4) is 0 Å². The highest BCUT2D eigenvalue weighted by Crippen LogP contribution is 2.18. The topological polar surface area (TPSA) is 59.9 Å². The first-order valence-corrected chi connectivity index (χ1v) is 7.54. The molecular weight excluding hydrogens is 248 g/mol. The molecule has 5 nitrogen and oxygen atoms in total. The fraction of sp³-hybridized carbons (Fsp3) is 0.750. The van der Waals surface area contributed by atoms with Crippen LogP contribution in [0.2, 0.25) is 0 Å². The average molecular weight is 270 g/mol. The first-order valence-electron chi connectivity index (χ1n) is 6.55. The van der Waals surface area contributed by atoms with Crippen LogP contribution in [0, 0.1) is 0 Å². The van der Waals surface area contributed by atoms with E-state index in [-0.39, 0.29) is 0 Å². The van der Waals surface area contributed by atoms with Crippen molar-refractivity contribution in [3.8, 4) is 6.01 Å². The number of aromatic nitrogens is 3. The second-order valence-electron chi connectivity index (χ2n) is 3.80. The summed E-state index contributed by atoms with van der Waals surface area (Å²) in [6, 6.07) is 0.418. The number of nitrogens with zero attached hydrogens (tertiary/aromatic N) is 3. The van der Waals surface area contributed by atoms with Gasteiger partial charge in [-0.2, -0.15) is 15.0 Å². The lowest BCUT2D eigenvalue weighted by atomic mass is 10.4. The Kier molecular flexibility index (Phi) is 7.48. The summed E-state index contributed by atoms with van der Waals surface area (Å²) in [5.74, 6) is 1.62. The van der Waals surface area contributed by atoms with Crippen LogP contribution in [-0.4, -0.2) is 33.9 Å². The molecule has 1 heterocycles. The number of nitrogens with one attached hydrogen (secondary N) is 1. The number of hydrogen-bond donors (Lipinski definition) is 1. The summed E-state index contributed by atoms with van der Waals surface area (Å²) < 4.78 is 5.47. The smallest absolute Gasteiger partial charge is 0.322 e. The van der Waals surface area contributed by atoms with Crippen molar-refractivity contribution in [2.24, 2.45) is 0 Å². The summed E-state index contributed by atoms with van der Waals surface area (Å²) in [4.78, 5) is 12.9. The van der Waals surface area contributed by atoms with E-state index in [1.807, 2.05) is 6.92 Å². The Morgan fingerprint density at radius 2 is 1.94 bits per heavy atom. The maximum absolute atomic E-state index is 5.47. The molecule has 1 aromatic heterocycles.